The third-order valence-electron chi connectivity index (χ3n) is 5.91. The first-order valence-corrected chi connectivity index (χ1v) is 13.4. The molecular weight excluding hydrogens is 471 g/mol. The highest BCUT2D eigenvalue weighted by Crippen LogP contribution is 2.25. The fraction of sp³-hybridized carbons (Fsp3) is 0.444. The summed E-state index contributed by atoms with van der Waals surface area (Å²) >= 11 is 1.35. The molecule has 9 heteroatoms. The average Bonchev–Trinajstić information content (AvgIpc) is 3.56. The second kappa shape index (κ2) is 15.3. The second-order valence-corrected chi connectivity index (χ2v) is 9.75. The minimum atomic E-state index is -0.315. The van der Waals surface area contributed by atoms with Gasteiger partial charge in [-0.15, -0.1) is 11.3 Å². The van der Waals surface area contributed by atoms with Crippen LogP contribution in [-0.4, -0.2) is 46.4 Å². The van der Waals surface area contributed by atoms with Crippen molar-refractivity contribution in [1.82, 2.24) is 14.8 Å². The molecule has 36 heavy (non-hydrogen) atoms. The van der Waals surface area contributed by atoms with Crippen LogP contribution >= 0.6 is 11.3 Å². The largest absolute Gasteiger partial charge is 0.402 e. The first kappa shape index (κ1) is 29.3. The van der Waals surface area contributed by atoms with Crippen molar-refractivity contribution >= 4 is 35.7 Å². The number of aliphatic hydroxyl groups excluding tert-OH is 1. The highest BCUT2D eigenvalue weighted by atomic mass is 32.1. The molecule has 1 aromatic carbocycles. The van der Waals surface area contributed by atoms with E-state index in [9.17, 15) is 14.7 Å². The summed E-state index contributed by atoms with van der Waals surface area (Å²) in [7, 11) is 1.83. The standard InChI is InChI=1S/C18H18BN4O2S.C9H20O/c1-12-4-3-5-13(8-12)15-11-26-18(21-15)22-16(24)9-20-17(25)14-6-7-23(10-14)19-2;1-4-8(3)6-7-9(10)5-2/h3-8,10-11H,9H2,1-2H3,(H,20,25)(H,21,22,24);8-10H,4-7H2,1-3H3. The molecule has 3 rings (SSSR count). The number of carbonyl (C=O) groups excluding carboxylic acids is 2. The summed E-state index contributed by atoms with van der Waals surface area (Å²) in [6.45, 7) is 10.2. The number of rotatable bonds is 11. The summed E-state index contributed by atoms with van der Waals surface area (Å²) in [5.41, 5.74) is 3.48. The molecule has 3 aromatic rings. The Bertz CT molecular complexity index is 1090. The van der Waals surface area contributed by atoms with Gasteiger partial charge in [0.15, 0.2) is 5.13 Å². The number of nitrogens with zero attached hydrogens (tertiary/aromatic N) is 2. The van der Waals surface area contributed by atoms with E-state index in [0.717, 1.165) is 35.6 Å². The van der Waals surface area contributed by atoms with Gasteiger partial charge in [0, 0.05) is 17.1 Å². The molecular formula is C27H38BN4O3S. The summed E-state index contributed by atoms with van der Waals surface area (Å²) in [5.74, 6) is 0.173. The van der Waals surface area contributed by atoms with Crippen LogP contribution in [0.2, 0.25) is 6.82 Å². The summed E-state index contributed by atoms with van der Waals surface area (Å²) < 4.78 is 1.78. The summed E-state index contributed by atoms with van der Waals surface area (Å²) in [5, 5.41) is 16.9. The number of aryl methyl sites for hydroxylation is 1. The van der Waals surface area contributed by atoms with Crippen molar-refractivity contribution in [2.75, 3.05) is 11.9 Å². The van der Waals surface area contributed by atoms with Crippen molar-refractivity contribution in [1.29, 1.82) is 0 Å². The Morgan fingerprint density at radius 3 is 2.61 bits per heavy atom. The molecule has 2 aromatic heterocycles. The number of nitrogens with one attached hydrogen (secondary N) is 2. The molecule has 0 aliphatic heterocycles. The molecule has 0 fully saturated rings. The van der Waals surface area contributed by atoms with Gasteiger partial charge in [0.2, 0.25) is 13.3 Å². The van der Waals surface area contributed by atoms with Crippen molar-refractivity contribution in [2.45, 2.75) is 66.3 Å². The van der Waals surface area contributed by atoms with E-state index in [4.69, 9.17) is 0 Å². The van der Waals surface area contributed by atoms with Crippen LogP contribution in [-0.2, 0) is 4.79 Å². The van der Waals surface area contributed by atoms with Crippen molar-refractivity contribution in [3.8, 4) is 11.3 Å². The van der Waals surface area contributed by atoms with E-state index in [-0.39, 0.29) is 24.5 Å². The third-order valence-corrected chi connectivity index (χ3v) is 6.67. The number of carbonyl (C=O) groups is 2. The molecule has 7 nitrogen and oxygen atoms in total. The van der Waals surface area contributed by atoms with Crippen LogP contribution in [0.1, 0.15) is 62.4 Å². The smallest absolute Gasteiger partial charge is 0.253 e. The van der Waals surface area contributed by atoms with Crippen LogP contribution in [0.3, 0.4) is 0 Å². The molecule has 0 saturated heterocycles. The van der Waals surface area contributed by atoms with E-state index in [2.05, 4.69) is 29.5 Å². The summed E-state index contributed by atoms with van der Waals surface area (Å²) in [6, 6.07) is 9.71. The molecule has 0 aliphatic rings. The summed E-state index contributed by atoms with van der Waals surface area (Å²) in [6.07, 6.45) is 7.69. The number of hydrogen-bond acceptors (Lipinski definition) is 5. The van der Waals surface area contributed by atoms with Gasteiger partial charge in [-0.3, -0.25) is 9.59 Å². The maximum atomic E-state index is 12.0. The maximum absolute atomic E-state index is 12.0. The average molecular weight is 510 g/mol. The van der Waals surface area contributed by atoms with E-state index >= 15 is 0 Å². The van der Waals surface area contributed by atoms with Gasteiger partial charge in [-0.25, -0.2) is 4.98 Å². The van der Waals surface area contributed by atoms with Crippen molar-refractivity contribution in [3.05, 3.63) is 59.2 Å². The molecule has 2 amide bonds. The molecule has 1 radical (unpaired) electrons. The van der Waals surface area contributed by atoms with E-state index in [0.29, 0.717) is 10.7 Å². The molecule has 0 spiro atoms. The van der Waals surface area contributed by atoms with Gasteiger partial charge in [0.25, 0.3) is 5.91 Å². The number of amides is 2. The molecule has 193 valence electrons. The maximum Gasteiger partial charge on any atom is 0.253 e. The first-order chi connectivity index (χ1) is 17.2. The number of thiazole rings is 1. The fourth-order valence-corrected chi connectivity index (χ4v) is 4.02. The molecule has 0 bridgehead atoms. The summed E-state index contributed by atoms with van der Waals surface area (Å²) in [4.78, 5) is 28.5. The monoisotopic (exact) mass is 509 g/mol. The number of aromatic nitrogens is 2. The molecule has 2 unspecified atom stereocenters. The molecule has 2 heterocycles. The Morgan fingerprint density at radius 2 is 1.97 bits per heavy atom. The zero-order chi connectivity index (χ0) is 26.5. The topological polar surface area (TPSA) is 96.3 Å². The lowest BCUT2D eigenvalue weighted by molar-refractivity contribution is -0.115. The van der Waals surface area contributed by atoms with Crippen LogP contribution in [0.25, 0.3) is 11.3 Å². The highest BCUT2D eigenvalue weighted by Gasteiger charge is 2.11. The highest BCUT2D eigenvalue weighted by molar-refractivity contribution is 7.14. The minimum Gasteiger partial charge on any atom is -0.402 e. The van der Waals surface area contributed by atoms with E-state index < -0.39 is 0 Å². The Labute approximate surface area is 219 Å². The van der Waals surface area contributed by atoms with Crippen LogP contribution < -0.4 is 10.6 Å². The van der Waals surface area contributed by atoms with Gasteiger partial charge in [-0.2, -0.15) is 0 Å². The van der Waals surface area contributed by atoms with Gasteiger partial charge in [-0.05, 0) is 50.4 Å². The predicted molar refractivity (Wildman–Crippen MR) is 150 cm³/mol. The van der Waals surface area contributed by atoms with E-state index in [1.807, 2.05) is 57.7 Å². The Hall–Kier alpha value is -2.91. The number of hydrogen-bond donors (Lipinski definition) is 3. The third kappa shape index (κ3) is 9.99. The minimum absolute atomic E-state index is 0.0611. The lowest BCUT2D eigenvalue weighted by atomic mass is 10.00. The second-order valence-electron chi connectivity index (χ2n) is 8.90. The SMILES string of the molecule is CCC(C)CCC(O)CC.C[B]n1ccc(C(=O)NCC(=O)Nc2nc(-c3cccc(C)c3)cs2)c1. The zero-order valence-corrected chi connectivity index (χ0v) is 22.8. The van der Waals surface area contributed by atoms with Gasteiger partial charge in [0.05, 0.1) is 23.9 Å². The molecule has 0 aliphatic carbocycles. The van der Waals surface area contributed by atoms with Crippen molar-refractivity contribution in [2.24, 2.45) is 5.92 Å². The van der Waals surface area contributed by atoms with Crippen LogP contribution in [0.15, 0.2) is 48.1 Å². The van der Waals surface area contributed by atoms with Crippen LogP contribution in [0.5, 0.6) is 0 Å². The van der Waals surface area contributed by atoms with Crippen molar-refractivity contribution < 1.29 is 14.7 Å². The number of aliphatic hydroxyl groups is 1. The van der Waals surface area contributed by atoms with Crippen LogP contribution in [0, 0.1) is 12.8 Å². The van der Waals surface area contributed by atoms with Gasteiger partial charge in [-0.1, -0.05) is 57.8 Å². The van der Waals surface area contributed by atoms with E-state index in [1.54, 1.807) is 22.9 Å². The molecule has 0 saturated carbocycles. The lowest BCUT2D eigenvalue weighted by Gasteiger charge is -2.10. The number of benzene rings is 1. The number of anilines is 1. The molecule has 2 atom stereocenters. The predicted octanol–water partition coefficient (Wildman–Crippen LogP) is 5.39. The Kier molecular flexibility index (Phi) is 12.4. The Morgan fingerprint density at radius 1 is 1.19 bits per heavy atom. The molecule has 3 N–H and O–H groups in total. The Balaban J connectivity index is 0.000000388. The quantitative estimate of drug-likeness (QED) is 0.302. The van der Waals surface area contributed by atoms with Crippen molar-refractivity contribution in [3.63, 3.8) is 0 Å². The van der Waals surface area contributed by atoms with E-state index in [1.165, 1.54) is 24.2 Å². The first-order valence-electron chi connectivity index (χ1n) is 12.5. The lowest BCUT2D eigenvalue weighted by Crippen LogP contribution is -2.32. The fourth-order valence-electron chi connectivity index (χ4n) is 3.29. The van der Waals surface area contributed by atoms with Gasteiger partial charge in [0.1, 0.15) is 0 Å². The van der Waals surface area contributed by atoms with Gasteiger partial charge >= 0.3 is 0 Å². The normalized spacial score (nSPS) is 12.2. The zero-order valence-electron chi connectivity index (χ0n) is 22.0. The van der Waals surface area contributed by atoms with Gasteiger partial charge < -0.3 is 20.2 Å². The van der Waals surface area contributed by atoms with Crippen LogP contribution in [0.4, 0.5) is 5.13 Å².